The molecule has 0 fully saturated rings. The second-order valence-electron chi connectivity index (χ2n) is 5.19. The molecular weight excluding hydrogens is 288 g/mol. The van der Waals surface area contributed by atoms with Gasteiger partial charge >= 0.3 is 0 Å². The first-order valence-corrected chi connectivity index (χ1v) is 7.78. The van der Waals surface area contributed by atoms with Crippen molar-refractivity contribution in [1.82, 2.24) is 14.8 Å². The number of amides is 1. The molecule has 3 heterocycles. The molecular formula is C14H16N4O2S. The number of H-pyrrole nitrogens is 1. The van der Waals surface area contributed by atoms with Crippen molar-refractivity contribution in [3.05, 3.63) is 46.0 Å². The first-order chi connectivity index (χ1) is 10.1. The Kier molecular flexibility index (Phi) is 3.59. The van der Waals surface area contributed by atoms with Gasteiger partial charge in [0.1, 0.15) is 5.82 Å². The van der Waals surface area contributed by atoms with Gasteiger partial charge in [-0.15, -0.1) is 11.8 Å². The molecule has 0 saturated carbocycles. The normalized spacial score (nSPS) is 18.2. The van der Waals surface area contributed by atoms with Crippen LogP contribution < -0.4 is 10.9 Å². The summed E-state index contributed by atoms with van der Waals surface area (Å²) in [6.45, 7) is 3.92. The van der Waals surface area contributed by atoms with E-state index < -0.39 is 0 Å². The minimum Gasteiger partial charge on any atom is -0.310 e. The molecule has 110 valence electrons. The molecule has 0 aromatic carbocycles. The third-order valence-corrected chi connectivity index (χ3v) is 4.64. The molecule has 0 spiro atoms. The highest BCUT2D eigenvalue weighted by Crippen LogP contribution is 2.39. The summed E-state index contributed by atoms with van der Waals surface area (Å²) in [4.78, 5) is 28.4. The monoisotopic (exact) mass is 304 g/mol. The maximum Gasteiger partial charge on any atom is 0.270 e. The Hall–Kier alpha value is -2.02. The summed E-state index contributed by atoms with van der Waals surface area (Å²) in [5, 5.41) is 5.46. The quantitative estimate of drug-likeness (QED) is 0.888. The van der Waals surface area contributed by atoms with Gasteiger partial charge in [0.05, 0.1) is 16.6 Å². The van der Waals surface area contributed by atoms with Gasteiger partial charge in [0, 0.05) is 18.4 Å². The molecule has 0 aliphatic carbocycles. The van der Waals surface area contributed by atoms with Gasteiger partial charge in [0.2, 0.25) is 5.91 Å². The molecule has 0 unspecified atom stereocenters. The molecule has 1 aliphatic rings. The van der Waals surface area contributed by atoms with E-state index in [4.69, 9.17) is 0 Å². The van der Waals surface area contributed by atoms with Crippen LogP contribution in [0, 0.1) is 0 Å². The van der Waals surface area contributed by atoms with Crippen LogP contribution in [0.3, 0.4) is 0 Å². The van der Waals surface area contributed by atoms with Crippen molar-refractivity contribution in [2.45, 2.75) is 25.1 Å². The predicted molar refractivity (Wildman–Crippen MR) is 82.6 cm³/mol. The number of carbonyl (C=O) groups excluding carboxylic acids is 1. The van der Waals surface area contributed by atoms with E-state index in [1.54, 1.807) is 17.1 Å². The summed E-state index contributed by atoms with van der Waals surface area (Å²) in [5.74, 6) is 0.783. The predicted octanol–water partition coefficient (Wildman–Crippen LogP) is 1.93. The molecule has 3 rings (SSSR count). The number of fused-ring (bicyclic) bond motifs is 1. The Bertz CT molecular complexity index is 720. The van der Waals surface area contributed by atoms with Gasteiger partial charge < -0.3 is 5.32 Å². The fourth-order valence-corrected chi connectivity index (χ4v) is 3.53. The Balaban J connectivity index is 2.19. The Labute approximate surface area is 125 Å². The van der Waals surface area contributed by atoms with Crippen molar-refractivity contribution in [3.8, 4) is 0 Å². The summed E-state index contributed by atoms with van der Waals surface area (Å²) in [5.41, 5.74) is 1.35. The molecule has 1 aliphatic heterocycles. The second-order valence-corrected chi connectivity index (χ2v) is 6.29. The number of nitrogens with zero attached hydrogens (tertiary/aromatic N) is 2. The zero-order chi connectivity index (χ0) is 15.0. The maximum absolute atomic E-state index is 12.4. The molecule has 6 nitrogen and oxygen atoms in total. The standard InChI is InChI=1S/C14H16N4O2S/c1-8(2)18-13-11(14(20)17-18)12(21-7-10(19)16-13)9-4-3-5-15-6-9/h3-6,8,12H,7H2,1-2H3,(H,16,19)(H,17,20)/t12-/m1/s1. The van der Waals surface area contributed by atoms with E-state index in [-0.39, 0.29) is 22.8 Å². The van der Waals surface area contributed by atoms with Crippen LogP contribution in [-0.4, -0.2) is 26.4 Å². The Morgan fingerprint density at radius 1 is 1.43 bits per heavy atom. The number of anilines is 1. The van der Waals surface area contributed by atoms with Crippen molar-refractivity contribution in [2.24, 2.45) is 0 Å². The lowest BCUT2D eigenvalue weighted by Gasteiger charge is -2.14. The van der Waals surface area contributed by atoms with Crippen LogP contribution in [0.25, 0.3) is 0 Å². The van der Waals surface area contributed by atoms with E-state index in [2.05, 4.69) is 15.4 Å². The van der Waals surface area contributed by atoms with Gasteiger partial charge in [-0.1, -0.05) is 6.07 Å². The number of aromatic amines is 1. The van der Waals surface area contributed by atoms with Crippen LogP contribution in [0.15, 0.2) is 29.3 Å². The van der Waals surface area contributed by atoms with Crippen LogP contribution in [-0.2, 0) is 4.79 Å². The lowest BCUT2D eigenvalue weighted by atomic mass is 10.1. The molecule has 1 amide bonds. The lowest BCUT2D eigenvalue weighted by molar-refractivity contribution is -0.113. The maximum atomic E-state index is 12.4. The minimum atomic E-state index is -0.198. The number of rotatable bonds is 2. The SMILES string of the molecule is CC(C)n1[nH]c(=O)c2c1NC(=O)CS[C@@H]2c1cccnc1. The van der Waals surface area contributed by atoms with Crippen molar-refractivity contribution < 1.29 is 4.79 Å². The molecule has 2 N–H and O–H groups in total. The van der Waals surface area contributed by atoms with Gasteiger partial charge in [-0.25, -0.2) is 0 Å². The summed E-state index contributed by atoms with van der Waals surface area (Å²) in [6.07, 6.45) is 3.43. The number of hydrogen-bond donors (Lipinski definition) is 2. The van der Waals surface area contributed by atoms with Gasteiger partial charge in [-0.3, -0.25) is 24.4 Å². The molecule has 0 radical (unpaired) electrons. The highest BCUT2D eigenvalue weighted by Gasteiger charge is 2.30. The second kappa shape index (κ2) is 5.40. The topological polar surface area (TPSA) is 79.8 Å². The lowest BCUT2D eigenvalue weighted by Crippen LogP contribution is -2.17. The molecule has 2 aromatic rings. The van der Waals surface area contributed by atoms with E-state index in [1.807, 2.05) is 26.0 Å². The highest BCUT2D eigenvalue weighted by molar-refractivity contribution is 8.00. The number of carbonyl (C=O) groups is 1. The molecule has 7 heteroatoms. The van der Waals surface area contributed by atoms with Crippen molar-refractivity contribution in [3.63, 3.8) is 0 Å². The van der Waals surface area contributed by atoms with E-state index in [1.165, 1.54) is 11.8 Å². The third-order valence-electron chi connectivity index (χ3n) is 3.37. The van der Waals surface area contributed by atoms with Crippen molar-refractivity contribution in [2.75, 3.05) is 11.1 Å². The van der Waals surface area contributed by atoms with Crippen LogP contribution in [0.4, 0.5) is 5.82 Å². The third kappa shape index (κ3) is 2.49. The van der Waals surface area contributed by atoms with Gasteiger partial charge in [-0.2, -0.15) is 0 Å². The average molecular weight is 304 g/mol. The van der Waals surface area contributed by atoms with Crippen LogP contribution in [0.2, 0.25) is 0 Å². The fraction of sp³-hybridized carbons (Fsp3) is 0.357. The van der Waals surface area contributed by atoms with Crippen LogP contribution >= 0.6 is 11.8 Å². The summed E-state index contributed by atoms with van der Waals surface area (Å²) < 4.78 is 1.71. The number of pyridine rings is 1. The fourth-order valence-electron chi connectivity index (χ4n) is 2.43. The summed E-state index contributed by atoms with van der Waals surface area (Å²) in [6, 6.07) is 3.82. The van der Waals surface area contributed by atoms with E-state index >= 15 is 0 Å². The van der Waals surface area contributed by atoms with E-state index in [0.29, 0.717) is 17.1 Å². The number of hydrogen-bond acceptors (Lipinski definition) is 4. The van der Waals surface area contributed by atoms with E-state index in [9.17, 15) is 9.59 Å². The minimum absolute atomic E-state index is 0.0550. The van der Waals surface area contributed by atoms with Crippen molar-refractivity contribution >= 4 is 23.5 Å². The molecule has 2 aromatic heterocycles. The van der Waals surface area contributed by atoms with Crippen LogP contribution in [0.1, 0.15) is 36.3 Å². The van der Waals surface area contributed by atoms with Crippen LogP contribution in [0.5, 0.6) is 0 Å². The zero-order valence-corrected chi connectivity index (χ0v) is 12.6. The first kappa shape index (κ1) is 13.9. The largest absolute Gasteiger partial charge is 0.310 e. The summed E-state index contributed by atoms with van der Waals surface area (Å²) in [7, 11) is 0. The van der Waals surface area contributed by atoms with Gasteiger partial charge in [-0.05, 0) is 25.5 Å². The molecule has 1 atom stereocenters. The van der Waals surface area contributed by atoms with Gasteiger partial charge in [0.15, 0.2) is 0 Å². The van der Waals surface area contributed by atoms with E-state index in [0.717, 1.165) is 5.56 Å². The molecule has 0 saturated heterocycles. The number of nitrogens with one attached hydrogen (secondary N) is 2. The first-order valence-electron chi connectivity index (χ1n) is 6.73. The van der Waals surface area contributed by atoms with Crippen molar-refractivity contribution in [1.29, 1.82) is 0 Å². The molecule has 0 bridgehead atoms. The summed E-state index contributed by atoms with van der Waals surface area (Å²) >= 11 is 1.44. The number of aromatic nitrogens is 3. The Morgan fingerprint density at radius 3 is 2.90 bits per heavy atom. The number of thioether (sulfide) groups is 1. The average Bonchev–Trinajstić information content (AvgIpc) is 2.68. The zero-order valence-electron chi connectivity index (χ0n) is 11.8. The Morgan fingerprint density at radius 2 is 2.24 bits per heavy atom. The molecule has 21 heavy (non-hydrogen) atoms. The van der Waals surface area contributed by atoms with Gasteiger partial charge in [0.25, 0.3) is 5.56 Å². The smallest absolute Gasteiger partial charge is 0.270 e. The highest BCUT2D eigenvalue weighted by atomic mass is 32.2.